The van der Waals surface area contributed by atoms with Gasteiger partial charge in [-0.2, -0.15) is 0 Å². The summed E-state index contributed by atoms with van der Waals surface area (Å²) in [6, 6.07) is 4.37. The molecule has 86 valence electrons. The van der Waals surface area contributed by atoms with E-state index in [2.05, 4.69) is 24.1 Å². The predicted octanol–water partition coefficient (Wildman–Crippen LogP) is 3.29. The summed E-state index contributed by atoms with van der Waals surface area (Å²) in [5.41, 5.74) is 0. The molecule has 1 N–H and O–H groups in total. The van der Waals surface area contributed by atoms with Crippen molar-refractivity contribution in [1.29, 1.82) is 0 Å². The average Bonchev–Trinajstić information content (AvgIpc) is 2.95. The summed E-state index contributed by atoms with van der Waals surface area (Å²) in [6.45, 7) is 5.25. The van der Waals surface area contributed by atoms with Crippen LogP contribution >= 0.6 is 11.3 Å². The summed E-state index contributed by atoms with van der Waals surface area (Å²) in [7, 11) is 0. The molecule has 0 fully saturated rings. The molecule has 3 nitrogen and oxygen atoms in total. The van der Waals surface area contributed by atoms with E-state index in [0.717, 1.165) is 23.7 Å². The summed E-state index contributed by atoms with van der Waals surface area (Å²) >= 11 is 1.68. The van der Waals surface area contributed by atoms with Gasteiger partial charge in [0.25, 0.3) is 0 Å². The standard InChI is InChI=1S/C12H16N2OS/c1-3-9(2)13-7-10-8-14-12(16-10)11-5-4-6-15-11/h4-6,8-9,13H,3,7H2,1-2H3. The van der Waals surface area contributed by atoms with Crippen LogP contribution in [-0.2, 0) is 6.54 Å². The van der Waals surface area contributed by atoms with E-state index < -0.39 is 0 Å². The summed E-state index contributed by atoms with van der Waals surface area (Å²) in [6.07, 6.45) is 4.73. The fraction of sp³-hybridized carbons (Fsp3) is 0.417. The van der Waals surface area contributed by atoms with E-state index in [9.17, 15) is 0 Å². The molecule has 16 heavy (non-hydrogen) atoms. The monoisotopic (exact) mass is 236 g/mol. The van der Waals surface area contributed by atoms with Crippen LogP contribution < -0.4 is 5.32 Å². The van der Waals surface area contributed by atoms with E-state index in [1.54, 1.807) is 17.6 Å². The van der Waals surface area contributed by atoms with Crippen molar-refractivity contribution >= 4 is 11.3 Å². The molecule has 0 radical (unpaired) electrons. The lowest BCUT2D eigenvalue weighted by Crippen LogP contribution is -2.23. The van der Waals surface area contributed by atoms with Crippen molar-refractivity contribution in [1.82, 2.24) is 10.3 Å². The van der Waals surface area contributed by atoms with Crippen LogP contribution in [-0.4, -0.2) is 11.0 Å². The third-order valence-electron chi connectivity index (χ3n) is 2.52. The highest BCUT2D eigenvalue weighted by Crippen LogP contribution is 2.25. The molecule has 0 spiro atoms. The Hall–Kier alpha value is -1.13. The first-order valence-electron chi connectivity index (χ1n) is 5.51. The Morgan fingerprint density at radius 1 is 1.56 bits per heavy atom. The summed E-state index contributed by atoms with van der Waals surface area (Å²) in [5, 5.41) is 4.40. The second kappa shape index (κ2) is 5.27. The number of thiazole rings is 1. The molecule has 2 heterocycles. The van der Waals surface area contributed by atoms with Crippen LogP contribution in [0.1, 0.15) is 25.1 Å². The van der Waals surface area contributed by atoms with Gasteiger partial charge in [0.2, 0.25) is 0 Å². The van der Waals surface area contributed by atoms with Crippen molar-refractivity contribution in [2.45, 2.75) is 32.9 Å². The Labute approximate surface area is 99.5 Å². The maximum Gasteiger partial charge on any atom is 0.162 e. The van der Waals surface area contributed by atoms with Gasteiger partial charge < -0.3 is 9.73 Å². The lowest BCUT2D eigenvalue weighted by Gasteiger charge is -2.08. The molecule has 0 aliphatic rings. The molecule has 2 aromatic rings. The first-order valence-corrected chi connectivity index (χ1v) is 6.33. The zero-order valence-electron chi connectivity index (χ0n) is 9.56. The smallest absolute Gasteiger partial charge is 0.162 e. The van der Waals surface area contributed by atoms with Gasteiger partial charge in [-0.25, -0.2) is 4.98 Å². The molecule has 0 saturated carbocycles. The Bertz CT molecular complexity index is 422. The van der Waals surface area contributed by atoms with Crippen LogP contribution in [0.25, 0.3) is 10.8 Å². The number of nitrogens with one attached hydrogen (secondary N) is 1. The normalized spacial score (nSPS) is 12.9. The molecule has 0 aliphatic heterocycles. The maximum absolute atomic E-state index is 5.31. The van der Waals surface area contributed by atoms with E-state index in [0.29, 0.717) is 6.04 Å². The van der Waals surface area contributed by atoms with Gasteiger partial charge in [0.15, 0.2) is 10.8 Å². The average molecular weight is 236 g/mol. The van der Waals surface area contributed by atoms with Crippen molar-refractivity contribution in [3.8, 4) is 10.8 Å². The highest BCUT2D eigenvalue weighted by Gasteiger charge is 2.07. The van der Waals surface area contributed by atoms with E-state index >= 15 is 0 Å². The number of hydrogen-bond donors (Lipinski definition) is 1. The topological polar surface area (TPSA) is 38.1 Å². The van der Waals surface area contributed by atoms with Gasteiger partial charge in [0.05, 0.1) is 6.26 Å². The molecular weight excluding hydrogens is 220 g/mol. The van der Waals surface area contributed by atoms with Crippen molar-refractivity contribution < 1.29 is 4.42 Å². The van der Waals surface area contributed by atoms with E-state index in [4.69, 9.17) is 4.42 Å². The van der Waals surface area contributed by atoms with Crippen molar-refractivity contribution in [3.63, 3.8) is 0 Å². The molecule has 2 aromatic heterocycles. The number of hydrogen-bond acceptors (Lipinski definition) is 4. The number of nitrogens with zero attached hydrogens (tertiary/aromatic N) is 1. The van der Waals surface area contributed by atoms with Crippen molar-refractivity contribution in [2.75, 3.05) is 0 Å². The van der Waals surface area contributed by atoms with Gasteiger partial charge in [-0.3, -0.25) is 0 Å². The Kier molecular flexibility index (Phi) is 3.74. The van der Waals surface area contributed by atoms with Gasteiger partial charge in [-0.1, -0.05) is 6.92 Å². The highest BCUT2D eigenvalue weighted by molar-refractivity contribution is 7.14. The van der Waals surface area contributed by atoms with Crippen molar-refractivity contribution in [3.05, 3.63) is 29.5 Å². The molecular formula is C12H16N2OS. The lowest BCUT2D eigenvalue weighted by atomic mass is 10.2. The van der Waals surface area contributed by atoms with Crippen LogP contribution in [0.15, 0.2) is 29.0 Å². The fourth-order valence-electron chi connectivity index (χ4n) is 1.32. The lowest BCUT2D eigenvalue weighted by molar-refractivity contribution is 0.537. The molecule has 0 bridgehead atoms. The molecule has 1 unspecified atom stereocenters. The zero-order chi connectivity index (χ0) is 11.4. The second-order valence-corrected chi connectivity index (χ2v) is 4.91. The van der Waals surface area contributed by atoms with E-state index in [1.807, 2.05) is 18.3 Å². The molecule has 0 saturated heterocycles. The first-order chi connectivity index (χ1) is 7.79. The number of aromatic nitrogens is 1. The zero-order valence-corrected chi connectivity index (χ0v) is 10.4. The van der Waals surface area contributed by atoms with Gasteiger partial charge in [-0.15, -0.1) is 11.3 Å². The third kappa shape index (κ3) is 2.71. The second-order valence-electron chi connectivity index (χ2n) is 3.80. The van der Waals surface area contributed by atoms with Gasteiger partial charge in [0, 0.05) is 23.7 Å². The number of rotatable bonds is 5. The minimum atomic E-state index is 0.550. The van der Waals surface area contributed by atoms with Crippen LogP contribution in [0.2, 0.25) is 0 Å². The molecule has 0 aliphatic carbocycles. The van der Waals surface area contributed by atoms with Gasteiger partial charge in [-0.05, 0) is 25.5 Å². The Morgan fingerprint density at radius 3 is 3.12 bits per heavy atom. The molecule has 0 aromatic carbocycles. The van der Waals surface area contributed by atoms with E-state index in [-0.39, 0.29) is 0 Å². The third-order valence-corrected chi connectivity index (χ3v) is 3.53. The summed E-state index contributed by atoms with van der Waals surface area (Å²) < 4.78 is 5.31. The van der Waals surface area contributed by atoms with Crippen LogP contribution in [0.5, 0.6) is 0 Å². The van der Waals surface area contributed by atoms with Crippen molar-refractivity contribution in [2.24, 2.45) is 0 Å². The molecule has 0 amide bonds. The Balaban J connectivity index is 1.98. The Morgan fingerprint density at radius 2 is 2.44 bits per heavy atom. The molecule has 2 rings (SSSR count). The fourth-order valence-corrected chi connectivity index (χ4v) is 2.15. The highest BCUT2D eigenvalue weighted by atomic mass is 32.1. The number of furan rings is 1. The SMILES string of the molecule is CCC(C)NCc1cnc(-c2ccco2)s1. The maximum atomic E-state index is 5.31. The van der Waals surface area contributed by atoms with Crippen LogP contribution in [0.4, 0.5) is 0 Å². The quantitative estimate of drug-likeness (QED) is 0.865. The largest absolute Gasteiger partial charge is 0.462 e. The van der Waals surface area contributed by atoms with E-state index in [1.165, 1.54) is 4.88 Å². The van der Waals surface area contributed by atoms with Gasteiger partial charge in [0.1, 0.15) is 0 Å². The van der Waals surface area contributed by atoms with Crippen LogP contribution in [0, 0.1) is 0 Å². The minimum absolute atomic E-state index is 0.550. The summed E-state index contributed by atoms with van der Waals surface area (Å²) in [4.78, 5) is 5.59. The van der Waals surface area contributed by atoms with Gasteiger partial charge >= 0.3 is 0 Å². The predicted molar refractivity (Wildman–Crippen MR) is 66.4 cm³/mol. The minimum Gasteiger partial charge on any atom is -0.462 e. The molecule has 1 atom stereocenters. The first kappa shape index (κ1) is 11.4. The summed E-state index contributed by atoms with van der Waals surface area (Å²) in [5.74, 6) is 0.847. The molecule has 4 heteroatoms. The van der Waals surface area contributed by atoms with Crippen LogP contribution in [0.3, 0.4) is 0 Å².